The Balaban J connectivity index is 1.44. The SMILES string of the molecule is Cc1c(COC(=O)c2cc(-c3ccccc3)n[nH]2)noc1-c1ccc(F)cc1. The number of nitrogens with zero attached hydrogens (tertiary/aromatic N) is 2. The second kappa shape index (κ2) is 7.48. The average Bonchev–Trinajstić information content (AvgIpc) is 3.35. The van der Waals surface area contributed by atoms with Crippen molar-refractivity contribution < 1.29 is 18.4 Å². The summed E-state index contributed by atoms with van der Waals surface area (Å²) in [6.07, 6.45) is 0. The Morgan fingerprint density at radius 2 is 1.86 bits per heavy atom. The smallest absolute Gasteiger partial charge is 0.356 e. The van der Waals surface area contributed by atoms with Gasteiger partial charge >= 0.3 is 5.97 Å². The second-order valence-corrected chi connectivity index (χ2v) is 6.20. The maximum absolute atomic E-state index is 13.1. The van der Waals surface area contributed by atoms with E-state index in [1.807, 2.05) is 37.3 Å². The van der Waals surface area contributed by atoms with Crippen LogP contribution in [0.15, 0.2) is 65.2 Å². The molecule has 28 heavy (non-hydrogen) atoms. The molecule has 0 unspecified atom stereocenters. The Morgan fingerprint density at radius 1 is 1.11 bits per heavy atom. The highest BCUT2D eigenvalue weighted by atomic mass is 19.1. The molecule has 0 saturated heterocycles. The van der Waals surface area contributed by atoms with Crippen molar-refractivity contribution in [1.82, 2.24) is 15.4 Å². The number of benzene rings is 2. The van der Waals surface area contributed by atoms with Crippen molar-refractivity contribution in [1.29, 1.82) is 0 Å². The summed E-state index contributed by atoms with van der Waals surface area (Å²) >= 11 is 0. The van der Waals surface area contributed by atoms with E-state index in [1.54, 1.807) is 18.2 Å². The van der Waals surface area contributed by atoms with Crippen molar-refractivity contribution in [3.05, 3.63) is 83.4 Å². The summed E-state index contributed by atoms with van der Waals surface area (Å²) < 4.78 is 23.7. The Labute approximate surface area is 160 Å². The van der Waals surface area contributed by atoms with Crippen LogP contribution in [0.1, 0.15) is 21.7 Å². The number of rotatable bonds is 5. The maximum Gasteiger partial charge on any atom is 0.356 e. The third kappa shape index (κ3) is 3.55. The normalized spacial score (nSPS) is 10.8. The van der Waals surface area contributed by atoms with Crippen LogP contribution in [0.25, 0.3) is 22.6 Å². The van der Waals surface area contributed by atoms with E-state index >= 15 is 0 Å². The van der Waals surface area contributed by atoms with E-state index in [-0.39, 0.29) is 18.1 Å². The molecule has 0 atom stereocenters. The van der Waals surface area contributed by atoms with Crippen molar-refractivity contribution in [3.63, 3.8) is 0 Å². The molecule has 0 aliphatic rings. The van der Waals surface area contributed by atoms with Crippen LogP contribution in [0.4, 0.5) is 4.39 Å². The van der Waals surface area contributed by atoms with E-state index in [0.29, 0.717) is 22.7 Å². The largest absolute Gasteiger partial charge is 0.454 e. The van der Waals surface area contributed by atoms with Crippen LogP contribution in [0.3, 0.4) is 0 Å². The number of halogens is 1. The first-order chi connectivity index (χ1) is 13.6. The van der Waals surface area contributed by atoms with E-state index < -0.39 is 5.97 Å². The first-order valence-corrected chi connectivity index (χ1v) is 8.61. The van der Waals surface area contributed by atoms with Gasteiger partial charge in [-0.15, -0.1) is 0 Å². The minimum Gasteiger partial charge on any atom is -0.454 e. The van der Waals surface area contributed by atoms with Gasteiger partial charge in [0, 0.05) is 16.7 Å². The van der Waals surface area contributed by atoms with Crippen LogP contribution >= 0.6 is 0 Å². The number of carbonyl (C=O) groups is 1. The number of ether oxygens (including phenoxy) is 1. The zero-order valence-electron chi connectivity index (χ0n) is 15.0. The molecule has 2 aromatic heterocycles. The summed E-state index contributed by atoms with van der Waals surface area (Å²) in [5, 5.41) is 10.8. The average molecular weight is 377 g/mol. The lowest BCUT2D eigenvalue weighted by atomic mass is 10.1. The highest BCUT2D eigenvalue weighted by Crippen LogP contribution is 2.26. The molecule has 0 bridgehead atoms. The molecule has 2 heterocycles. The summed E-state index contributed by atoms with van der Waals surface area (Å²) in [6.45, 7) is 1.76. The van der Waals surface area contributed by atoms with Gasteiger partial charge in [0.05, 0.1) is 5.69 Å². The van der Waals surface area contributed by atoms with Gasteiger partial charge in [-0.2, -0.15) is 5.10 Å². The summed E-state index contributed by atoms with van der Waals surface area (Å²) in [5.41, 5.74) is 3.73. The van der Waals surface area contributed by atoms with Crippen molar-refractivity contribution in [2.45, 2.75) is 13.5 Å². The van der Waals surface area contributed by atoms with Crippen molar-refractivity contribution >= 4 is 5.97 Å². The van der Waals surface area contributed by atoms with Gasteiger partial charge in [-0.25, -0.2) is 9.18 Å². The number of esters is 1. The Bertz CT molecular complexity index is 1100. The zero-order valence-corrected chi connectivity index (χ0v) is 15.0. The molecule has 7 heteroatoms. The molecule has 140 valence electrons. The van der Waals surface area contributed by atoms with Gasteiger partial charge in [0.2, 0.25) is 0 Å². The molecule has 0 amide bonds. The van der Waals surface area contributed by atoms with E-state index in [1.165, 1.54) is 12.1 Å². The van der Waals surface area contributed by atoms with E-state index in [9.17, 15) is 9.18 Å². The number of hydrogen-bond acceptors (Lipinski definition) is 5. The molecule has 0 fully saturated rings. The fourth-order valence-corrected chi connectivity index (χ4v) is 2.77. The molecular weight excluding hydrogens is 361 g/mol. The maximum atomic E-state index is 13.1. The van der Waals surface area contributed by atoms with Gasteiger partial charge in [-0.05, 0) is 37.3 Å². The molecule has 1 N–H and O–H groups in total. The molecule has 0 spiro atoms. The molecule has 0 saturated carbocycles. The fourth-order valence-electron chi connectivity index (χ4n) is 2.77. The van der Waals surface area contributed by atoms with Gasteiger partial charge in [-0.1, -0.05) is 35.5 Å². The lowest BCUT2D eigenvalue weighted by Gasteiger charge is -2.01. The van der Waals surface area contributed by atoms with Gasteiger partial charge in [0.15, 0.2) is 5.76 Å². The minimum absolute atomic E-state index is 0.0466. The number of carbonyl (C=O) groups excluding carboxylic acids is 1. The molecule has 0 aliphatic carbocycles. The standard InChI is InChI=1S/C21H16FN3O3/c1-13-19(25-28-20(13)15-7-9-16(22)10-8-15)12-27-21(26)18-11-17(23-24-18)14-5-3-2-4-6-14/h2-11H,12H2,1H3,(H,23,24). The van der Waals surface area contributed by atoms with E-state index in [2.05, 4.69) is 15.4 Å². The highest BCUT2D eigenvalue weighted by molar-refractivity contribution is 5.88. The summed E-state index contributed by atoms with van der Waals surface area (Å²) in [6, 6.07) is 17.1. The highest BCUT2D eigenvalue weighted by Gasteiger charge is 2.17. The molecule has 2 aromatic carbocycles. The Hall–Kier alpha value is -3.74. The van der Waals surface area contributed by atoms with E-state index in [4.69, 9.17) is 9.26 Å². The van der Waals surface area contributed by atoms with Crippen molar-refractivity contribution in [2.24, 2.45) is 0 Å². The number of aromatic amines is 1. The zero-order chi connectivity index (χ0) is 19.5. The van der Waals surface area contributed by atoms with Crippen LogP contribution < -0.4 is 0 Å². The fraction of sp³-hybridized carbons (Fsp3) is 0.0952. The topological polar surface area (TPSA) is 81.0 Å². The first-order valence-electron chi connectivity index (χ1n) is 8.61. The third-order valence-electron chi connectivity index (χ3n) is 4.33. The van der Waals surface area contributed by atoms with Crippen LogP contribution in [-0.4, -0.2) is 21.3 Å². The predicted molar refractivity (Wildman–Crippen MR) is 99.8 cm³/mol. The van der Waals surface area contributed by atoms with Crippen LogP contribution in [0.5, 0.6) is 0 Å². The lowest BCUT2D eigenvalue weighted by Crippen LogP contribution is -2.06. The second-order valence-electron chi connectivity index (χ2n) is 6.20. The van der Waals surface area contributed by atoms with Gasteiger partial charge in [0.1, 0.15) is 23.8 Å². The van der Waals surface area contributed by atoms with Crippen molar-refractivity contribution in [3.8, 4) is 22.6 Å². The molecular formula is C21H16FN3O3. The van der Waals surface area contributed by atoms with Gasteiger partial charge in [-0.3, -0.25) is 5.10 Å². The molecule has 0 aliphatic heterocycles. The van der Waals surface area contributed by atoms with Gasteiger partial charge in [0.25, 0.3) is 0 Å². The van der Waals surface area contributed by atoms with Gasteiger partial charge < -0.3 is 9.26 Å². The summed E-state index contributed by atoms with van der Waals surface area (Å²) in [7, 11) is 0. The van der Waals surface area contributed by atoms with Crippen LogP contribution in [0, 0.1) is 12.7 Å². The Kier molecular flexibility index (Phi) is 4.72. The van der Waals surface area contributed by atoms with Crippen molar-refractivity contribution in [2.75, 3.05) is 0 Å². The number of hydrogen-bond donors (Lipinski definition) is 1. The number of H-pyrrole nitrogens is 1. The third-order valence-corrected chi connectivity index (χ3v) is 4.33. The quantitative estimate of drug-likeness (QED) is 0.517. The molecule has 4 rings (SSSR count). The lowest BCUT2D eigenvalue weighted by molar-refractivity contribution is 0.0456. The summed E-state index contributed by atoms with van der Waals surface area (Å²) in [4.78, 5) is 12.3. The molecule has 4 aromatic rings. The Morgan fingerprint density at radius 3 is 2.61 bits per heavy atom. The predicted octanol–water partition coefficient (Wildman–Crippen LogP) is 4.54. The van der Waals surface area contributed by atoms with Crippen LogP contribution in [-0.2, 0) is 11.3 Å². The first kappa shape index (κ1) is 17.7. The van der Waals surface area contributed by atoms with E-state index in [0.717, 1.165) is 11.1 Å². The monoisotopic (exact) mass is 377 g/mol. The minimum atomic E-state index is -0.541. The molecule has 6 nitrogen and oxygen atoms in total. The number of nitrogens with one attached hydrogen (secondary N) is 1. The van der Waals surface area contributed by atoms with Crippen LogP contribution in [0.2, 0.25) is 0 Å². The summed E-state index contributed by atoms with van der Waals surface area (Å²) in [5.74, 6) is -0.358. The number of aromatic nitrogens is 3. The molecule has 0 radical (unpaired) electrons.